The van der Waals surface area contributed by atoms with E-state index in [2.05, 4.69) is 5.32 Å². The molecule has 0 radical (unpaired) electrons. The smallest absolute Gasteiger partial charge is 0.250 e. The van der Waals surface area contributed by atoms with Crippen molar-refractivity contribution >= 4 is 27.7 Å². The standard InChI is InChI=1S/C26H33N3O7S2/c1-17-11-21(30)24(33)25(36-17)26(5-8-37-9-6-26)13-22(31)27-7-10-38(34,35)28-14-18-12-19(16-28)20-3-2-4-23(32)29(20)15-18/h2-4,11,18-19,33H,5-10,12-16H2,1H3,(H,27,31)/t18-,19+/m1/s1. The van der Waals surface area contributed by atoms with Crippen LogP contribution in [0.2, 0.25) is 0 Å². The summed E-state index contributed by atoms with van der Waals surface area (Å²) in [7, 11) is -3.62. The van der Waals surface area contributed by atoms with Gasteiger partial charge in [-0.3, -0.25) is 14.4 Å². The van der Waals surface area contributed by atoms with Crippen LogP contribution >= 0.6 is 11.8 Å². The fourth-order valence-corrected chi connectivity index (χ4v) is 8.84. The first-order valence-electron chi connectivity index (χ1n) is 12.9. The first-order chi connectivity index (χ1) is 18.1. The summed E-state index contributed by atoms with van der Waals surface area (Å²) in [5.41, 5.74) is -0.529. The fraction of sp³-hybridized carbons (Fsp3) is 0.577. The second kappa shape index (κ2) is 10.5. The number of aromatic nitrogens is 1. The molecule has 0 aromatic carbocycles. The van der Waals surface area contributed by atoms with Crippen molar-refractivity contribution in [3.63, 3.8) is 0 Å². The summed E-state index contributed by atoms with van der Waals surface area (Å²) in [5.74, 6) is 1.03. The van der Waals surface area contributed by atoms with Crippen LogP contribution in [0, 0.1) is 12.8 Å². The number of aromatic hydroxyl groups is 1. The molecule has 2 atom stereocenters. The molecule has 0 spiro atoms. The molecule has 5 heterocycles. The summed E-state index contributed by atoms with van der Waals surface area (Å²) in [5, 5.41) is 13.2. The highest BCUT2D eigenvalue weighted by molar-refractivity contribution is 7.99. The van der Waals surface area contributed by atoms with Gasteiger partial charge in [0.05, 0.1) is 5.75 Å². The van der Waals surface area contributed by atoms with Crippen LogP contribution in [-0.2, 0) is 26.8 Å². The van der Waals surface area contributed by atoms with Gasteiger partial charge in [0.2, 0.25) is 27.1 Å². The number of carbonyl (C=O) groups is 1. The van der Waals surface area contributed by atoms with Gasteiger partial charge in [0.1, 0.15) is 5.76 Å². The van der Waals surface area contributed by atoms with Gasteiger partial charge in [0.15, 0.2) is 5.76 Å². The third-order valence-electron chi connectivity index (χ3n) is 8.00. The zero-order chi connectivity index (χ0) is 27.1. The summed E-state index contributed by atoms with van der Waals surface area (Å²) < 4.78 is 35.4. The largest absolute Gasteiger partial charge is 0.502 e. The molecule has 10 nitrogen and oxygen atoms in total. The number of fused-ring (bicyclic) bond motifs is 4. The Labute approximate surface area is 225 Å². The summed E-state index contributed by atoms with van der Waals surface area (Å²) >= 11 is 1.74. The number of hydrogen-bond acceptors (Lipinski definition) is 8. The number of piperidine rings is 1. The molecule has 0 unspecified atom stereocenters. The molecule has 1 amide bonds. The molecule has 0 aliphatic carbocycles. The summed E-state index contributed by atoms with van der Waals surface area (Å²) in [6.45, 7) is 2.78. The number of hydrogen-bond donors (Lipinski definition) is 2. The number of pyridine rings is 1. The van der Waals surface area contributed by atoms with E-state index in [4.69, 9.17) is 4.42 Å². The van der Waals surface area contributed by atoms with Crippen LogP contribution in [0.5, 0.6) is 5.75 Å². The van der Waals surface area contributed by atoms with Gasteiger partial charge in [-0.1, -0.05) is 6.07 Å². The molecule has 2 saturated heterocycles. The third-order valence-corrected chi connectivity index (χ3v) is 10.8. The number of rotatable bonds is 7. The molecule has 12 heteroatoms. The number of aryl methyl sites for hydroxylation is 1. The van der Waals surface area contributed by atoms with Crippen LogP contribution in [0.3, 0.4) is 0 Å². The molecule has 0 saturated carbocycles. The highest BCUT2D eigenvalue weighted by atomic mass is 32.2. The highest BCUT2D eigenvalue weighted by Gasteiger charge is 2.42. The Bertz CT molecular complexity index is 1440. The highest BCUT2D eigenvalue weighted by Crippen LogP contribution is 2.44. The molecule has 2 N–H and O–H groups in total. The number of thioether (sulfide) groups is 1. The van der Waals surface area contributed by atoms with E-state index < -0.39 is 26.6 Å². The maximum Gasteiger partial charge on any atom is 0.250 e. The lowest BCUT2D eigenvalue weighted by molar-refractivity contribution is -0.122. The molecule has 206 valence electrons. The molecular weight excluding hydrogens is 530 g/mol. The zero-order valence-corrected chi connectivity index (χ0v) is 23.0. The van der Waals surface area contributed by atoms with E-state index in [1.165, 1.54) is 16.4 Å². The van der Waals surface area contributed by atoms with Crippen LogP contribution in [0.25, 0.3) is 0 Å². The van der Waals surface area contributed by atoms with Gasteiger partial charge in [0.25, 0.3) is 5.56 Å². The normalized spacial score (nSPS) is 23.0. The lowest BCUT2D eigenvalue weighted by atomic mass is 9.75. The van der Waals surface area contributed by atoms with Gasteiger partial charge in [-0.25, -0.2) is 12.7 Å². The lowest BCUT2D eigenvalue weighted by Crippen LogP contribution is -2.50. The SMILES string of the molecule is Cc1cc(=O)c(O)c(C2(CC(=O)NCCS(=O)(=O)N3C[C@H]4C[C@@H](C3)c3cccc(=O)n3C4)CCSCC2)o1. The Kier molecular flexibility index (Phi) is 7.49. The predicted octanol–water partition coefficient (Wildman–Crippen LogP) is 1.54. The molecule has 2 aromatic rings. The monoisotopic (exact) mass is 563 g/mol. The van der Waals surface area contributed by atoms with Crippen LogP contribution in [-0.4, -0.2) is 65.2 Å². The molecule has 3 aliphatic heterocycles. The molecule has 2 bridgehead atoms. The first kappa shape index (κ1) is 27.0. The summed E-state index contributed by atoms with van der Waals surface area (Å²) in [6.07, 6.45) is 1.97. The van der Waals surface area contributed by atoms with Crippen LogP contribution < -0.4 is 16.3 Å². The maximum atomic E-state index is 13.2. The fourth-order valence-electron chi connectivity index (χ4n) is 6.11. The van der Waals surface area contributed by atoms with Gasteiger partial charge in [0, 0.05) is 61.8 Å². The van der Waals surface area contributed by atoms with Crippen LogP contribution in [0.1, 0.15) is 48.8 Å². The van der Waals surface area contributed by atoms with E-state index in [1.807, 2.05) is 6.07 Å². The van der Waals surface area contributed by atoms with Crippen molar-refractivity contribution in [3.8, 4) is 5.75 Å². The van der Waals surface area contributed by atoms with Crippen molar-refractivity contribution < 1.29 is 22.7 Å². The van der Waals surface area contributed by atoms with Crippen molar-refractivity contribution in [1.82, 2.24) is 14.2 Å². The molecule has 5 rings (SSSR count). The van der Waals surface area contributed by atoms with Crippen LogP contribution in [0.4, 0.5) is 0 Å². The minimum absolute atomic E-state index is 0.00698. The van der Waals surface area contributed by atoms with Crippen molar-refractivity contribution in [3.05, 3.63) is 62.1 Å². The summed E-state index contributed by atoms with van der Waals surface area (Å²) in [6, 6.07) is 6.37. The number of sulfonamides is 1. The molecular formula is C26H33N3O7S2. The van der Waals surface area contributed by atoms with Gasteiger partial charge < -0.3 is 19.4 Å². The lowest BCUT2D eigenvalue weighted by Gasteiger charge is -2.42. The van der Waals surface area contributed by atoms with Crippen molar-refractivity contribution in [2.45, 2.75) is 50.5 Å². The Hall–Kier alpha value is -2.57. The third kappa shape index (κ3) is 5.30. The zero-order valence-electron chi connectivity index (χ0n) is 21.3. The molecule has 3 aliphatic rings. The van der Waals surface area contributed by atoms with E-state index >= 15 is 0 Å². The Balaban J connectivity index is 1.23. The number of nitrogens with zero attached hydrogens (tertiary/aromatic N) is 2. The molecule has 38 heavy (non-hydrogen) atoms. The van der Waals surface area contributed by atoms with Crippen molar-refractivity contribution in [2.75, 3.05) is 36.9 Å². The van der Waals surface area contributed by atoms with Gasteiger partial charge >= 0.3 is 0 Å². The van der Waals surface area contributed by atoms with Gasteiger partial charge in [-0.15, -0.1) is 0 Å². The van der Waals surface area contributed by atoms with E-state index in [0.717, 1.165) is 23.6 Å². The van der Waals surface area contributed by atoms with Gasteiger partial charge in [-0.05, 0) is 49.7 Å². The predicted molar refractivity (Wildman–Crippen MR) is 144 cm³/mol. The van der Waals surface area contributed by atoms with Crippen LogP contribution in [0.15, 0.2) is 38.3 Å². The van der Waals surface area contributed by atoms with Gasteiger partial charge in [-0.2, -0.15) is 11.8 Å². The molecule has 2 aromatic heterocycles. The number of carbonyl (C=O) groups excluding carboxylic acids is 1. The van der Waals surface area contributed by atoms with E-state index in [1.54, 1.807) is 29.3 Å². The van der Waals surface area contributed by atoms with E-state index in [0.29, 0.717) is 38.2 Å². The van der Waals surface area contributed by atoms with E-state index in [9.17, 15) is 27.9 Å². The topological polar surface area (TPSA) is 139 Å². The Morgan fingerprint density at radius 3 is 2.74 bits per heavy atom. The second-order valence-electron chi connectivity index (χ2n) is 10.6. The summed E-state index contributed by atoms with van der Waals surface area (Å²) in [4.78, 5) is 37.5. The molecule has 2 fully saturated rings. The quantitative estimate of drug-likeness (QED) is 0.517. The van der Waals surface area contributed by atoms with Crippen molar-refractivity contribution in [2.24, 2.45) is 5.92 Å². The minimum Gasteiger partial charge on any atom is -0.502 e. The number of nitrogens with one attached hydrogen (secondary N) is 1. The Morgan fingerprint density at radius 2 is 1.97 bits per heavy atom. The average Bonchev–Trinajstić information content (AvgIpc) is 2.87. The minimum atomic E-state index is -3.62. The second-order valence-corrected chi connectivity index (χ2v) is 14.0. The Morgan fingerprint density at radius 1 is 1.21 bits per heavy atom. The first-order valence-corrected chi connectivity index (χ1v) is 15.7. The number of amides is 1. The van der Waals surface area contributed by atoms with Crippen molar-refractivity contribution in [1.29, 1.82) is 0 Å². The maximum absolute atomic E-state index is 13.2. The average molecular weight is 564 g/mol. The van der Waals surface area contributed by atoms with E-state index in [-0.39, 0.29) is 47.8 Å².